The largest absolute Gasteiger partial charge is 0.486 e. The highest BCUT2D eigenvalue weighted by Gasteiger charge is 2.20. The minimum Gasteiger partial charge on any atom is -0.486 e. The third-order valence-corrected chi connectivity index (χ3v) is 6.27. The number of fused-ring (bicyclic) bond motifs is 1. The fourth-order valence-corrected chi connectivity index (χ4v) is 4.51. The fraction of sp³-hybridized carbons (Fsp3) is 0.348. The first-order valence-electron chi connectivity index (χ1n) is 10.9. The highest BCUT2D eigenvalue weighted by atomic mass is 32.2. The van der Waals surface area contributed by atoms with E-state index in [1.807, 2.05) is 41.0 Å². The van der Waals surface area contributed by atoms with Crippen LogP contribution >= 0.6 is 11.8 Å². The molecule has 3 aromatic rings. The van der Waals surface area contributed by atoms with Gasteiger partial charge in [-0.3, -0.25) is 14.3 Å². The lowest BCUT2D eigenvalue weighted by Crippen LogP contribution is -2.36. The van der Waals surface area contributed by atoms with Gasteiger partial charge in [-0.05, 0) is 24.3 Å². The number of anilines is 1. The van der Waals surface area contributed by atoms with Gasteiger partial charge in [0.2, 0.25) is 5.91 Å². The van der Waals surface area contributed by atoms with E-state index in [1.165, 1.54) is 11.8 Å². The van der Waals surface area contributed by atoms with E-state index in [0.29, 0.717) is 42.1 Å². The van der Waals surface area contributed by atoms with Crippen molar-refractivity contribution in [2.75, 3.05) is 50.6 Å². The van der Waals surface area contributed by atoms with Crippen LogP contribution in [0.15, 0.2) is 53.7 Å². The molecule has 2 aliphatic heterocycles. The second kappa shape index (κ2) is 10.2. The first-order chi connectivity index (χ1) is 16.3. The van der Waals surface area contributed by atoms with E-state index in [9.17, 15) is 4.79 Å². The normalized spacial score (nSPS) is 15.9. The Morgan fingerprint density at radius 2 is 1.76 bits per heavy atom. The van der Waals surface area contributed by atoms with Crippen molar-refractivity contribution >= 4 is 23.4 Å². The van der Waals surface area contributed by atoms with Gasteiger partial charge < -0.3 is 19.5 Å². The molecule has 33 heavy (non-hydrogen) atoms. The summed E-state index contributed by atoms with van der Waals surface area (Å²) in [5.41, 5.74) is 1.64. The molecule has 0 bridgehead atoms. The molecular formula is C23H25N5O4S. The van der Waals surface area contributed by atoms with Crippen LogP contribution in [0.2, 0.25) is 0 Å². The van der Waals surface area contributed by atoms with Crippen molar-refractivity contribution in [1.29, 1.82) is 0 Å². The van der Waals surface area contributed by atoms with Crippen molar-refractivity contribution in [3.63, 3.8) is 0 Å². The molecule has 0 saturated carbocycles. The number of carbonyl (C=O) groups is 1. The molecule has 0 aliphatic carbocycles. The van der Waals surface area contributed by atoms with Gasteiger partial charge in [-0.25, -0.2) is 0 Å². The summed E-state index contributed by atoms with van der Waals surface area (Å²) >= 11 is 1.36. The average Bonchev–Trinajstić information content (AvgIpc) is 3.26. The molecule has 0 radical (unpaired) electrons. The van der Waals surface area contributed by atoms with E-state index in [-0.39, 0.29) is 11.7 Å². The van der Waals surface area contributed by atoms with Gasteiger partial charge in [0.05, 0.1) is 25.5 Å². The number of ether oxygens (including phenoxy) is 3. The smallest absolute Gasteiger partial charge is 0.234 e. The molecule has 0 atom stereocenters. The Kier molecular flexibility index (Phi) is 6.75. The van der Waals surface area contributed by atoms with Crippen LogP contribution in [0.4, 0.5) is 5.69 Å². The Morgan fingerprint density at radius 3 is 2.58 bits per heavy atom. The Bertz CT molecular complexity index is 1100. The van der Waals surface area contributed by atoms with Gasteiger partial charge in [-0.1, -0.05) is 30.0 Å². The zero-order valence-corrected chi connectivity index (χ0v) is 18.9. The van der Waals surface area contributed by atoms with Crippen LogP contribution in [0.3, 0.4) is 0 Å². The van der Waals surface area contributed by atoms with Gasteiger partial charge in [0.1, 0.15) is 13.2 Å². The lowest BCUT2D eigenvalue weighted by atomic mass is 10.2. The molecule has 1 fully saturated rings. The number of morpholine rings is 1. The Hall–Kier alpha value is -3.08. The summed E-state index contributed by atoms with van der Waals surface area (Å²) in [6.45, 7) is 4.88. The van der Waals surface area contributed by atoms with Crippen LogP contribution < -0.4 is 14.8 Å². The number of nitrogens with one attached hydrogen (secondary N) is 1. The topological polar surface area (TPSA) is 90.7 Å². The molecule has 1 saturated heterocycles. The van der Waals surface area contributed by atoms with Crippen molar-refractivity contribution < 1.29 is 19.0 Å². The third kappa shape index (κ3) is 5.29. The van der Waals surface area contributed by atoms with Crippen molar-refractivity contribution in [3.05, 3.63) is 54.4 Å². The van der Waals surface area contributed by atoms with Crippen molar-refractivity contribution in [2.45, 2.75) is 11.7 Å². The summed E-state index contributed by atoms with van der Waals surface area (Å²) in [6.07, 6.45) is 0. The molecule has 2 aliphatic rings. The standard InChI is InChI=1S/C23H25N5O4S/c29-22(24-17-6-7-19-20(14-17)32-13-12-31-19)16-33-23-26-25-21(15-27-8-10-30-11-9-27)28(23)18-4-2-1-3-5-18/h1-7,14H,8-13,15-16H2,(H,24,29). The molecule has 0 unspecified atom stereocenters. The van der Waals surface area contributed by atoms with Crippen LogP contribution in [0.5, 0.6) is 11.5 Å². The first kappa shape index (κ1) is 21.7. The molecule has 0 spiro atoms. The average molecular weight is 468 g/mol. The van der Waals surface area contributed by atoms with Gasteiger partial charge >= 0.3 is 0 Å². The number of aromatic nitrogens is 3. The summed E-state index contributed by atoms with van der Waals surface area (Å²) in [5.74, 6) is 2.25. The van der Waals surface area contributed by atoms with Gasteiger partial charge in [-0.2, -0.15) is 0 Å². The van der Waals surface area contributed by atoms with Crippen LogP contribution in [0.1, 0.15) is 5.82 Å². The summed E-state index contributed by atoms with van der Waals surface area (Å²) in [4.78, 5) is 14.9. The summed E-state index contributed by atoms with van der Waals surface area (Å²) in [7, 11) is 0. The molecule has 2 aromatic carbocycles. The molecule has 10 heteroatoms. The molecule has 1 N–H and O–H groups in total. The van der Waals surface area contributed by atoms with E-state index >= 15 is 0 Å². The van der Waals surface area contributed by atoms with E-state index in [0.717, 1.165) is 37.8 Å². The quantitative estimate of drug-likeness (QED) is 0.531. The van der Waals surface area contributed by atoms with E-state index in [1.54, 1.807) is 12.1 Å². The van der Waals surface area contributed by atoms with Crippen molar-refractivity contribution in [1.82, 2.24) is 19.7 Å². The number of rotatable bonds is 7. The maximum atomic E-state index is 12.6. The van der Waals surface area contributed by atoms with Crippen LogP contribution in [0.25, 0.3) is 5.69 Å². The van der Waals surface area contributed by atoms with Crippen LogP contribution in [-0.2, 0) is 16.1 Å². The van der Waals surface area contributed by atoms with Gasteiger partial charge in [0, 0.05) is 30.5 Å². The van der Waals surface area contributed by atoms with Crippen LogP contribution in [-0.4, -0.2) is 70.8 Å². The lowest BCUT2D eigenvalue weighted by molar-refractivity contribution is -0.113. The molecule has 3 heterocycles. The Balaban J connectivity index is 1.28. The minimum atomic E-state index is -0.131. The minimum absolute atomic E-state index is 0.131. The molecule has 5 rings (SSSR count). The highest BCUT2D eigenvalue weighted by molar-refractivity contribution is 7.99. The number of para-hydroxylation sites is 1. The highest BCUT2D eigenvalue weighted by Crippen LogP contribution is 2.32. The number of carbonyl (C=O) groups excluding carboxylic acids is 1. The first-order valence-corrected chi connectivity index (χ1v) is 11.9. The maximum Gasteiger partial charge on any atom is 0.234 e. The monoisotopic (exact) mass is 467 g/mol. The number of thioether (sulfide) groups is 1. The second-order valence-electron chi connectivity index (χ2n) is 7.65. The van der Waals surface area contributed by atoms with E-state index < -0.39 is 0 Å². The molecule has 9 nitrogen and oxygen atoms in total. The Labute approximate surface area is 196 Å². The van der Waals surface area contributed by atoms with Crippen LogP contribution in [0, 0.1) is 0 Å². The molecule has 1 aromatic heterocycles. The number of hydrogen-bond acceptors (Lipinski definition) is 8. The lowest BCUT2D eigenvalue weighted by Gasteiger charge is -2.26. The van der Waals surface area contributed by atoms with Gasteiger partial charge in [0.15, 0.2) is 22.5 Å². The molecule has 172 valence electrons. The van der Waals surface area contributed by atoms with E-state index in [2.05, 4.69) is 20.4 Å². The third-order valence-electron chi connectivity index (χ3n) is 5.34. The van der Waals surface area contributed by atoms with Crippen molar-refractivity contribution in [3.8, 4) is 17.2 Å². The second-order valence-corrected chi connectivity index (χ2v) is 8.60. The number of hydrogen-bond donors (Lipinski definition) is 1. The maximum absolute atomic E-state index is 12.6. The number of nitrogens with zero attached hydrogens (tertiary/aromatic N) is 4. The SMILES string of the molecule is O=C(CSc1nnc(CN2CCOCC2)n1-c1ccccc1)Nc1ccc2c(c1)OCCO2. The van der Waals surface area contributed by atoms with Gasteiger partial charge in [-0.15, -0.1) is 10.2 Å². The van der Waals surface area contributed by atoms with Crippen molar-refractivity contribution in [2.24, 2.45) is 0 Å². The summed E-state index contributed by atoms with van der Waals surface area (Å²) in [6, 6.07) is 15.4. The van der Waals surface area contributed by atoms with E-state index in [4.69, 9.17) is 14.2 Å². The summed E-state index contributed by atoms with van der Waals surface area (Å²) < 4.78 is 18.6. The fourth-order valence-electron chi connectivity index (χ4n) is 3.74. The predicted molar refractivity (Wildman–Crippen MR) is 124 cm³/mol. The van der Waals surface area contributed by atoms with Gasteiger partial charge in [0.25, 0.3) is 0 Å². The number of benzene rings is 2. The summed E-state index contributed by atoms with van der Waals surface area (Å²) in [5, 5.41) is 12.4. The predicted octanol–water partition coefficient (Wildman–Crippen LogP) is 2.60. The molecular weight excluding hydrogens is 442 g/mol. The Morgan fingerprint density at radius 1 is 0.970 bits per heavy atom. The zero-order chi connectivity index (χ0) is 22.5. The zero-order valence-electron chi connectivity index (χ0n) is 18.1. The molecule has 1 amide bonds. The number of amides is 1.